The summed E-state index contributed by atoms with van der Waals surface area (Å²) in [6.07, 6.45) is -3.66. The van der Waals surface area contributed by atoms with E-state index in [4.69, 9.17) is 0 Å². The number of aromatic nitrogens is 2. The second kappa shape index (κ2) is 9.94. The van der Waals surface area contributed by atoms with E-state index in [1.54, 1.807) is 31.2 Å². The number of hydrogen-bond acceptors (Lipinski definition) is 4. The molecule has 1 heterocycles. The normalized spacial score (nSPS) is 13.0. The van der Waals surface area contributed by atoms with Crippen molar-refractivity contribution < 1.29 is 30.8 Å². The van der Waals surface area contributed by atoms with Crippen LogP contribution in [0.25, 0.3) is 5.69 Å². The Morgan fingerprint density at radius 3 is 2.35 bits per heavy atom. The lowest BCUT2D eigenvalue weighted by Gasteiger charge is -2.14. The maximum absolute atomic E-state index is 13.6. The monoisotopic (exact) mass is 498 g/mol. The Bertz CT molecular complexity index is 1270. The Balaban J connectivity index is 1.73. The number of halogens is 4. The van der Waals surface area contributed by atoms with Crippen molar-refractivity contribution in [3.63, 3.8) is 0 Å². The lowest BCUT2D eigenvalue weighted by atomic mass is 9.99. The standard InChI is InChI=1S/C22H22F4N4O3S/c1-14(16-8-6-15(7-9-16)12-28-34(2,32)33)21(31)27-13-19-11-20(22(24,25)26)29-30(19)18-5-3-4-17(23)10-18/h3-11,14,28H,12-13H2,1-2H3,(H,27,31). The van der Waals surface area contributed by atoms with Gasteiger partial charge in [0.2, 0.25) is 15.9 Å². The van der Waals surface area contributed by atoms with E-state index in [1.165, 1.54) is 12.1 Å². The van der Waals surface area contributed by atoms with Gasteiger partial charge in [0, 0.05) is 6.54 Å². The Morgan fingerprint density at radius 1 is 1.09 bits per heavy atom. The largest absolute Gasteiger partial charge is 0.435 e. The van der Waals surface area contributed by atoms with Gasteiger partial charge >= 0.3 is 6.18 Å². The molecule has 2 aromatic carbocycles. The first-order chi connectivity index (χ1) is 15.8. The van der Waals surface area contributed by atoms with E-state index >= 15 is 0 Å². The van der Waals surface area contributed by atoms with E-state index in [-0.39, 0.29) is 24.5 Å². The third kappa shape index (κ3) is 6.64. The van der Waals surface area contributed by atoms with Crippen molar-refractivity contribution in [2.24, 2.45) is 0 Å². The number of nitrogens with zero attached hydrogens (tertiary/aromatic N) is 2. The lowest BCUT2D eigenvalue weighted by molar-refractivity contribution is -0.141. The minimum Gasteiger partial charge on any atom is -0.350 e. The number of nitrogens with one attached hydrogen (secondary N) is 2. The SMILES string of the molecule is CC(C(=O)NCc1cc(C(F)(F)F)nn1-c1cccc(F)c1)c1ccc(CNS(C)(=O)=O)cc1. The van der Waals surface area contributed by atoms with Gasteiger partial charge in [0.1, 0.15) is 5.82 Å². The predicted octanol–water partition coefficient (Wildman–Crippen LogP) is 3.50. The van der Waals surface area contributed by atoms with Gasteiger partial charge < -0.3 is 5.32 Å². The van der Waals surface area contributed by atoms with Gasteiger partial charge in [-0.2, -0.15) is 18.3 Å². The number of hydrogen-bond donors (Lipinski definition) is 2. The number of sulfonamides is 1. The number of alkyl halides is 3. The van der Waals surface area contributed by atoms with Crippen LogP contribution in [-0.2, 0) is 34.1 Å². The van der Waals surface area contributed by atoms with Crippen LogP contribution in [0.15, 0.2) is 54.6 Å². The molecule has 0 saturated heterocycles. The highest BCUT2D eigenvalue weighted by molar-refractivity contribution is 7.88. The number of benzene rings is 2. The van der Waals surface area contributed by atoms with Crippen LogP contribution in [0.4, 0.5) is 17.6 Å². The van der Waals surface area contributed by atoms with Crippen LogP contribution in [0, 0.1) is 5.82 Å². The number of rotatable bonds is 8. The fourth-order valence-electron chi connectivity index (χ4n) is 3.14. The first-order valence-corrected chi connectivity index (χ1v) is 12.0. The fourth-order valence-corrected chi connectivity index (χ4v) is 3.57. The highest BCUT2D eigenvalue weighted by atomic mass is 32.2. The highest BCUT2D eigenvalue weighted by Gasteiger charge is 2.35. The summed E-state index contributed by atoms with van der Waals surface area (Å²) in [6, 6.07) is 12.4. The fraction of sp³-hybridized carbons (Fsp3) is 0.273. The molecule has 0 spiro atoms. The van der Waals surface area contributed by atoms with Gasteiger partial charge in [0.15, 0.2) is 5.69 Å². The molecule has 7 nitrogen and oxygen atoms in total. The Hall–Kier alpha value is -3.25. The second-order valence-electron chi connectivity index (χ2n) is 7.68. The summed E-state index contributed by atoms with van der Waals surface area (Å²) in [5.74, 6) is -1.72. The summed E-state index contributed by atoms with van der Waals surface area (Å²) in [6.45, 7) is 1.47. The maximum atomic E-state index is 13.6. The van der Waals surface area contributed by atoms with Crippen molar-refractivity contribution in [1.29, 1.82) is 0 Å². The summed E-state index contributed by atoms with van der Waals surface area (Å²) in [4.78, 5) is 12.6. The van der Waals surface area contributed by atoms with Crippen molar-refractivity contribution in [2.75, 3.05) is 6.26 Å². The second-order valence-corrected chi connectivity index (χ2v) is 9.52. The zero-order valence-corrected chi connectivity index (χ0v) is 19.0. The Morgan fingerprint density at radius 2 is 1.76 bits per heavy atom. The molecule has 0 aliphatic rings. The molecule has 3 rings (SSSR count). The minimum absolute atomic E-state index is 0.0284. The summed E-state index contributed by atoms with van der Waals surface area (Å²) >= 11 is 0. The Kier molecular flexibility index (Phi) is 7.41. The smallest absolute Gasteiger partial charge is 0.350 e. The van der Waals surface area contributed by atoms with Crippen LogP contribution >= 0.6 is 0 Å². The summed E-state index contributed by atoms with van der Waals surface area (Å²) in [5, 5.41) is 6.14. The zero-order valence-electron chi connectivity index (χ0n) is 18.2. The number of amides is 1. The van der Waals surface area contributed by atoms with Crippen molar-refractivity contribution >= 4 is 15.9 Å². The van der Waals surface area contributed by atoms with E-state index < -0.39 is 39.5 Å². The molecule has 1 amide bonds. The number of carbonyl (C=O) groups is 1. The molecule has 0 aliphatic carbocycles. The van der Waals surface area contributed by atoms with Crippen LogP contribution in [0.1, 0.15) is 35.4 Å². The van der Waals surface area contributed by atoms with E-state index in [1.807, 2.05) is 0 Å². The molecule has 182 valence electrons. The van der Waals surface area contributed by atoms with E-state index in [0.29, 0.717) is 11.1 Å². The molecule has 3 aromatic rings. The first-order valence-electron chi connectivity index (χ1n) is 10.1. The molecule has 0 fully saturated rings. The van der Waals surface area contributed by atoms with Crippen molar-refractivity contribution in [2.45, 2.75) is 32.1 Å². The molecule has 12 heteroatoms. The van der Waals surface area contributed by atoms with Gasteiger partial charge in [0.25, 0.3) is 0 Å². The van der Waals surface area contributed by atoms with Crippen LogP contribution in [0.5, 0.6) is 0 Å². The molecule has 2 N–H and O–H groups in total. The van der Waals surface area contributed by atoms with Gasteiger partial charge in [-0.1, -0.05) is 30.3 Å². The average molecular weight is 499 g/mol. The van der Waals surface area contributed by atoms with Crippen molar-refractivity contribution in [3.8, 4) is 5.69 Å². The predicted molar refractivity (Wildman–Crippen MR) is 117 cm³/mol. The van der Waals surface area contributed by atoms with Gasteiger partial charge in [-0.25, -0.2) is 22.2 Å². The van der Waals surface area contributed by atoms with Gasteiger partial charge in [-0.3, -0.25) is 4.79 Å². The van der Waals surface area contributed by atoms with Crippen molar-refractivity contribution in [1.82, 2.24) is 19.8 Å². The summed E-state index contributed by atoms with van der Waals surface area (Å²) in [7, 11) is -3.34. The van der Waals surface area contributed by atoms with Crippen molar-refractivity contribution in [3.05, 3.63) is 82.9 Å². The zero-order chi connectivity index (χ0) is 25.1. The highest BCUT2D eigenvalue weighted by Crippen LogP contribution is 2.29. The molecule has 0 aliphatic heterocycles. The van der Waals surface area contributed by atoms with Gasteiger partial charge in [0.05, 0.1) is 30.1 Å². The summed E-state index contributed by atoms with van der Waals surface area (Å²) < 4.78 is 78.9. The molecule has 34 heavy (non-hydrogen) atoms. The summed E-state index contributed by atoms with van der Waals surface area (Å²) in [5.41, 5.74) is 0.287. The molecule has 0 radical (unpaired) electrons. The third-order valence-corrected chi connectivity index (χ3v) is 5.65. The van der Waals surface area contributed by atoms with Crippen LogP contribution in [0.3, 0.4) is 0 Å². The van der Waals surface area contributed by atoms with Crippen LogP contribution in [-0.4, -0.2) is 30.4 Å². The quantitative estimate of drug-likeness (QED) is 0.465. The third-order valence-electron chi connectivity index (χ3n) is 4.98. The van der Waals surface area contributed by atoms with Gasteiger partial charge in [-0.05, 0) is 42.3 Å². The molecular weight excluding hydrogens is 476 g/mol. The lowest BCUT2D eigenvalue weighted by Crippen LogP contribution is -2.28. The maximum Gasteiger partial charge on any atom is 0.435 e. The van der Waals surface area contributed by atoms with Gasteiger partial charge in [-0.15, -0.1) is 0 Å². The van der Waals surface area contributed by atoms with Crippen LogP contribution < -0.4 is 10.0 Å². The Labute approximate surface area is 193 Å². The minimum atomic E-state index is -4.71. The molecule has 0 saturated carbocycles. The molecule has 1 unspecified atom stereocenters. The topological polar surface area (TPSA) is 93.1 Å². The molecular formula is C22H22F4N4O3S. The molecule has 1 atom stereocenters. The van der Waals surface area contributed by atoms with E-state index in [0.717, 1.165) is 29.1 Å². The first kappa shape index (κ1) is 25.4. The average Bonchev–Trinajstić information content (AvgIpc) is 3.20. The van der Waals surface area contributed by atoms with E-state index in [2.05, 4.69) is 15.1 Å². The van der Waals surface area contributed by atoms with E-state index in [9.17, 15) is 30.8 Å². The van der Waals surface area contributed by atoms with Crippen LogP contribution in [0.2, 0.25) is 0 Å². The molecule has 0 bridgehead atoms. The molecule has 1 aromatic heterocycles. The number of carbonyl (C=O) groups excluding carboxylic acids is 1.